The molecule has 2 aromatic carbocycles. The van der Waals surface area contributed by atoms with Gasteiger partial charge in [-0.05, 0) is 54.3 Å². The SMILES string of the molecule is CC1=C(C(=O)N2CC=C(c3ccc(Cl)cc3)CC2)C(c2ccc(Cl)c(Cl)c2)n2nccc2N1. The number of carbonyl (C=O) groups excluding carboxylic acids is 1. The van der Waals surface area contributed by atoms with Crippen LogP contribution in [-0.4, -0.2) is 33.7 Å². The second-order valence-corrected chi connectivity index (χ2v) is 9.39. The van der Waals surface area contributed by atoms with Crippen molar-refractivity contribution < 1.29 is 4.79 Å². The zero-order valence-electron chi connectivity index (χ0n) is 17.9. The Labute approximate surface area is 207 Å². The van der Waals surface area contributed by atoms with Crippen LogP contribution in [0.4, 0.5) is 5.82 Å². The number of allylic oxidation sites excluding steroid dienone is 1. The maximum atomic E-state index is 13.8. The van der Waals surface area contributed by atoms with Gasteiger partial charge in [-0.1, -0.05) is 59.1 Å². The fraction of sp³-hybridized carbons (Fsp3) is 0.200. The van der Waals surface area contributed by atoms with Crippen LogP contribution in [0.1, 0.15) is 30.5 Å². The van der Waals surface area contributed by atoms with Gasteiger partial charge in [0.1, 0.15) is 11.9 Å². The van der Waals surface area contributed by atoms with Crippen LogP contribution in [0.25, 0.3) is 5.57 Å². The summed E-state index contributed by atoms with van der Waals surface area (Å²) in [4.78, 5) is 15.7. The summed E-state index contributed by atoms with van der Waals surface area (Å²) >= 11 is 18.5. The zero-order valence-corrected chi connectivity index (χ0v) is 20.1. The molecule has 8 heteroatoms. The van der Waals surface area contributed by atoms with Gasteiger partial charge in [0.15, 0.2) is 0 Å². The molecule has 3 aromatic rings. The molecule has 33 heavy (non-hydrogen) atoms. The lowest BCUT2D eigenvalue weighted by molar-refractivity contribution is -0.127. The van der Waals surface area contributed by atoms with Gasteiger partial charge in [0, 0.05) is 29.9 Å². The fourth-order valence-corrected chi connectivity index (χ4v) is 4.86. The van der Waals surface area contributed by atoms with Gasteiger partial charge in [-0.3, -0.25) is 4.79 Å². The summed E-state index contributed by atoms with van der Waals surface area (Å²) in [6, 6.07) is 14.8. The minimum absolute atomic E-state index is 0.0244. The normalized spacial score (nSPS) is 18.0. The Morgan fingerprint density at radius 2 is 1.85 bits per heavy atom. The number of anilines is 1. The molecule has 5 nitrogen and oxygen atoms in total. The number of hydrogen-bond donors (Lipinski definition) is 1. The quantitative estimate of drug-likeness (QED) is 0.451. The van der Waals surface area contributed by atoms with Crippen LogP contribution in [0.5, 0.6) is 0 Å². The molecule has 1 unspecified atom stereocenters. The van der Waals surface area contributed by atoms with E-state index in [-0.39, 0.29) is 5.91 Å². The third kappa shape index (κ3) is 4.17. The second-order valence-electron chi connectivity index (χ2n) is 8.14. The van der Waals surface area contributed by atoms with E-state index in [0.29, 0.717) is 33.7 Å². The lowest BCUT2D eigenvalue weighted by Crippen LogP contribution is -2.40. The smallest absolute Gasteiger partial charge is 0.254 e. The third-order valence-electron chi connectivity index (χ3n) is 6.11. The van der Waals surface area contributed by atoms with Crippen molar-refractivity contribution in [2.24, 2.45) is 0 Å². The molecule has 2 aliphatic heterocycles. The molecule has 0 bridgehead atoms. The first-order valence-electron chi connectivity index (χ1n) is 10.6. The van der Waals surface area contributed by atoms with Crippen LogP contribution in [0, 0.1) is 0 Å². The molecule has 2 aliphatic rings. The molecule has 5 rings (SSSR count). The van der Waals surface area contributed by atoms with Crippen LogP contribution >= 0.6 is 34.8 Å². The summed E-state index contributed by atoms with van der Waals surface area (Å²) in [5, 5.41) is 9.44. The number of amides is 1. The average Bonchev–Trinajstić information content (AvgIpc) is 3.28. The van der Waals surface area contributed by atoms with Crippen LogP contribution in [0.2, 0.25) is 15.1 Å². The summed E-state index contributed by atoms with van der Waals surface area (Å²) in [6.07, 6.45) is 4.61. The van der Waals surface area contributed by atoms with Gasteiger partial charge < -0.3 is 10.2 Å². The molecule has 1 aromatic heterocycles. The Bertz CT molecular complexity index is 1290. The van der Waals surface area contributed by atoms with E-state index in [4.69, 9.17) is 34.8 Å². The standard InChI is InChI=1S/C25H21Cl3N4O/c1-15-23(25(33)31-12-9-17(10-13-31)16-2-5-19(26)6-3-16)24(32-22(30-15)8-11-29-32)18-4-7-20(27)21(28)14-18/h2-9,11,14,24,30H,10,12-13H2,1H3. The second kappa shape index (κ2) is 8.90. The molecule has 0 saturated heterocycles. The van der Waals surface area contributed by atoms with E-state index < -0.39 is 6.04 Å². The fourth-order valence-electron chi connectivity index (χ4n) is 4.42. The minimum Gasteiger partial charge on any atom is -0.344 e. The number of fused-ring (bicyclic) bond motifs is 1. The highest BCUT2D eigenvalue weighted by Crippen LogP contribution is 2.38. The van der Waals surface area contributed by atoms with E-state index in [1.54, 1.807) is 18.3 Å². The number of hydrogen-bond acceptors (Lipinski definition) is 3. The summed E-state index contributed by atoms with van der Waals surface area (Å²) in [5.41, 5.74) is 4.66. The lowest BCUT2D eigenvalue weighted by atomic mass is 9.93. The van der Waals surface area contributed by atoms with Crippen LogP contribution < -0.4 is 5.32 Å². The Morgan fingerprint density at radius 1 is 1.06 bits per heavy atom. The first-order valence-corrected chi connectivity index (χ1v) is 11.8. The molecule has 0 spiro atoms. The number of benzene rings is 2. The highest BCUT2D eigenvalue weighted by molar-refractivity contribution is 6.42. The number of nitrogens with zero attached hydrogens (tertiary/aromatic N) is 3. The largest absolute Gasteiger partial charge is 0.344 e. The minimum atomic E-state index is -0.403. The number of carbonyl (C=O) groups is 1. The van der Waals surface area contributed by atoms with E-state index in [2.05, 4.69) is 16.5 Å². The highest BCUT2D eigenvalue weighted by Gasteiger charge is 2.35. The predicted octanol–water partition coefficient (Wildman–Crippen LogP) is 6.45. The Morgan fingerprint density at radius 3 is 2.55 bits per heavy atom. The molecule has 1 amide bonds. The molecule has 1 atom stereocenters. The third-order valence-corrected chi connectivity index (χ3v) is 7.10. The van der Waals surface area contributed by atoms with E-state index in [0.717, 1.165) is 29.1 Å². The van der Waals surface area contributed by atoms with Gasteiger partial charge >= 0.3 is 0 Å². The lowest BCUT2D eigenvalue weighted by Gasteiger charge is -2.34. The Balaban J connectivity index is 1.47. The topological polar surface area (TPSA) is 50.2 Å². The van der Waals surface area contributed by atoms with Crippen molar-refractivity contribution in [3.63, 3.8) is 0 Å². The van der Waals surface area contributed by atoms with E-state index in [1.807, 2.05) is 52.9 Å². The molecule has 0 saturated carbocycles. The summed E-state index contributed by atoms with van der Waals surface area (Å²) < 4.78 is 1.82. The average molecular weight is 500 g/mol. The zero-order chi connectivity index (χ0) is 23.1. The highest BCUT2D eigenvalue weighted by atomic mass is 35.5. The Kier molecular flexibility index (Phi) is 5.95. The van der Waals surface area contributed by atoms with Gasteiger partial charge in [-0.15, -0.1) is 0 Å². The van der Waals surface area contributed by atoms with Crippen molar-refractivity contribution in [1.82, 2.24) is 14.7 Å². The number of halogens is 3. The number of rotatable bonds is 3. The van der Waals surface area contributed by atoms with E-state index in [9.17, 15) is 4.79 Å². The molecule has 0 fully saturated rings. The first-order chi connectivity index (χ1) is 15.9. The van der Waals surface area contributed by atoms with Crippen molar-refractivity contribution in [3.05, 3.63) is 98.3 Å². The van der Waals surface area contributed by atoms with Crippen molar-refractivity contribution in [3.8, 4) is 0 Å². The van der Waals surface area contributed by atoms with Crippen molar-refractivity contribution in [2.45, 2.75) is 19.4 Å². The van der Waals surface area contributed by atoms with Gasteiger partial charge in [0.25, 0.3) is 5.91 Å². The summed E-state index contributed by atoms with van der Waals surface area (Å²) in [6.45, 7) is 3.09. The molecular formula is C25H21Cl3N4O. The summed E-state index contributed by atoms with van der Waals surface area (Å²) in [7, 11) is 0. The van der Waals surface area contributed by atoms with Gasteiger partial charge in [0.2, 0.25) is 0 Å². The van der Waals surface area contributed by atoms with Gasteiger partial charge in [-0.2, -0.15) is 5.10 Å². The van der Waals surface area contributed by atoms with Crippen molar-refractivity contribution in [1.29, 1.82) is 0 Å². The van der Waals surface area contributed by atoms with Gasteiger partial charge in [0.05, 0.1) is 21.8 Å². The summed E-state index contributed by atoms with van der Waals surface area (Å²) in [5.74, 6) is 0.798. The predicted molar refractivity (Wildman–Crippen MR) is 134 cm³/mol. The maximum absolute atomic E-state index is 13.8. The van der Waals surface area contributed by atoms with Crippen LogP contribution in [0.15, 0.2) is 72.1 Å². The van der Waals surface area contributed by atoms with Gasteiger partial charge in [-0.25, -0.2) is 4.68 Å². The number of aromatic nitrogens is 2. The molecule has 3 heterocycles. The molecule has 0 radical (unpaired) electrons. The van der Waals surface area contributed by atoms with Crippen molar-refractivity contribution in [2.75, 3.05) is 18.4 Å². The molecule has 168 valence electrons. The first kappa shape index (κ1) is 22.1. The maximum Gasteiger partial charge on any atom is 0.254 e. The van der Waals surface area contributed by atoms with E-state index in [1.165, 1.54) is 5.57 Å². The van der Waals surface area contributed by atoms with E-state index >= 15 is 0 Å². The molecule has 0 aliphatic carbocycles. The van der Waals surface area contributed by atoms with Crippen LogP contribution in [-0.2, 0) is 4.79 Å². The van der Waals surface area contributed by atoms with Crippen molar-refractivity contribution >= 4 is 52.1 Å². The number of nitrogens with one attached hydrogen (secondary N) is 1. The molecule has 1 N–H and O–H groups in total. The van der Waals surface area contributed by atoms with Crippen LogP contribution in [0.3, 0.4) is 0 Å². The Hall–Kier alpha value is -2.73. The monoisotopic (exact) mass is 498 g/mol. The molecular weight excluding hydrogens is 479 g/mol.